The van der Waals surface area contributed by atoms with Gasteiger partial charge in [0.2, 0.25) is 11.6 Å². The molecule has 0 amide bonds. The van der Waals surface area contributed by atoms with Gasteiger partial charge >= 0.3 is 0 Å². The van der Waals surface area contributed by atoms with Crippen LogP contribution >= 0.6 is 22.9 Å². The van der Waals surface area contributed by atoms with E-state index in [0.29, 0.717) is 9.21 Å². The Morgan fingerprint density at radius 2 is 2.05 bits per heavy atom. The lowest BCUT2D eigenvalue weighted by molar-refractivity contribution is 0.0815. The van der Waals surface area contributed by atoms with E-state index in [-0.39, 0.29) is 11.5 Å². The summed E-state index contributed by atoms with van der Waals surface area (Å²) in [7, 11) is 0. The number of hydrogen-bond acceptors (Lipinski definition) is 3. The number of ether oxygens (including phenoxy) is 1. The van der Waals surface area contributed by atoms with Gasteiger partial charge in [-0.1, -0.05) is 17.7 Å². The van der Waals surface area contributed by atoms with Gasteiger partial charge in [-0.25, -0.2) is 4.39 Å². The lowest BCUT2D eigenvalue weighted by Gasteiger charge is -2.13. The molecule has 100 valence electrons. The van der Waals surface area contributed by atoms with Crippen LogP contribution in [0.5, 0.6) is 5.75 Å². The van der Waals surface area contributed by atoms with Crippen LogP contribution in [0.15, 0.2) is 30.3 Å². The summed E-state index contributed by atoms with van der Waals surface area (Å²) < 4.78 is 32.0. The molecule has 0 saturated carbocycles. The van der Waals surface area contributed by atoms with E-state index < -0.39 is 17.7 Å². The van der Waals surface area contributed by atoms with Crippen LogP contribution in [0.1, 0.15) is 16.6 Å². The Bertz CT molecular complexity index is 612. The molecule has 19 heavy (non-hydrogen) atoms. The third-order valence-corrected chi connectivity index (χ3v) is 3.65. The second-order valence-corrected chi connectivity index (χ2v) is 5.50. The number of hydrogen-bond donors (Lipinski definition) is 0. The van der Waals surface area contributed by atoms with Gasteiger partial charge < -0.3 is 4.74 Å². The molecule has 1 atom stereocenters. The first-order valence-electron chi connectivity index (χ1n) is 5.39. The Morgan fingerprint density at radius 1 is 1.32 bits per heavy atom. The van der Waals surface area contributed by atoms with E-state index in [4.69, 9.17) is 16.3 Å². The van der Waals surface area contributed by atoms with Crippen LogP contribution in [0.2, 0.25) is 4.34 Å². The zero-order valence-corrected chi connectivity index (χ0v) is 11.4. The molecule has 0 N–H and O–H groups in total. The van der Waals surface area contributed by atoms with Crippen molar-refractivity contribution in [3.8, 4) is 5.75 Å². The van der Waals surface area contributed by atoms with Gasteiger partial charge in [0.15, 0.2) is 17.7 Å². The SMILES string of the molecule is CC(Oc1cccc(F)c1F)C(=O)c1ccc(Cl)s1. The average Bonchev–Trinajstić information content (AvgIpc) is 2.80. The van der Waals surface area contributed by atoms with Gasteiger partial charge in [-0.3, -0.25) is 4.79 Å². The zero-order valence-electron chi connectivity index (χ0n) is 9.82. The van der Waals surface area contributed by atoms with Crippen LogP contribution in [0.3, 0.4) is 0 Å². The maximum Gasteiger partial charge on any atom is 0.212 e. The number of rotatable bonds is 4. The molecule has 2 aromatic rings. The van der Waals surface area contributed by atoms with E-state index >= 15 is 0 Å². The first kappa shape index (κ1) is 14.0. The van der Waals surface area contributed by atoms with Crippen molar-refractivity contribution in [2.75, 3.05) is 0 Å². The third kappa shape index (κ3) is 3.11. The highest BCUT2D eigenvalue weighted by molar-refractivity contribution is 7.18. The van der Waals surface area contributed by atoms with Crippen LogP contribution in [-0.2, 0) is 0 Å². The molecule has 6 heteroatoms. The third-order valence-electron chi connectivity index (χ3n) is 2.41. The molecule has 0 saturated heterocycles. The Labute approximate surface area is 117 Å². The summed E-state index contributed by atoms with van der Waals surface area (Å²) >= 11 is 6.84. The van der Waals surface area contributed by atoms with E-state index in [1.54, 1.807) is 12.1 Å². The molecule has 0 bridgehead atoms. The minimum Gasteiger partial charge on any atom is -0.479 e. The number of thiophene rings is 1. The van der Waals surface area contributed by atoms with E-state index in [1.807, 2.05) is 0 Å². The second kappa shape index (κ2) is 5.67. The summed E-state index contributed by atoms with van der Waals surface area (Å²) in [5.74, 6) is -2.74. The molecule has 2 nitrogen and oxygen atoms in total. The Kier molecular flexibility index (Phi) is 4.17. The highest BCUT2D eigenvalue weighted by Crippen LogP contribution is 2.25. The highest BCUT2D eigenvalue weighted by Gasteiger charge is 2.20. The Morgan fingerprint density at radius 3 is 2.68 bits per heavy atom. The van der Waals surface area contributed by atoms with Crippen molar-refractivity contribution in [1.29, 1.82) is 0 Å². The van der Waals surface area contributed by atoms with Gasteiger partial charge in [-0.05, 0) is 31.2 Å². The minimum atomic E-state index is -1.11. The largest absolute Gasteiger partial charge is 0.479 e. The summed E-state index contributed by atoms with van der Waals surface area (Å²) in [6.07, 6.45) is -0.925. The molecule has 0 aliphatic heterocycles. The normalized spacial score (nSPS) is 12.2. The number of carbonyl (C=O) groups excluding carboxylic acids is 1. The maximum atomic E-state index is 13.4. The van der Waals surface area contributed by atoms with Gasteiger partial charge in [0, 0.05) is 0 Å². The number of benzene rings is 1. The van der Waals surface area contributed by atoms with E-state index in [2.05, 4.69) is 0 Å². The summed E-state index contributed by atoms with van der Waals surface area (Å²) in [4.78, 5) is 12.4. The fourth-order valence-electron chi connectivity index (χ4n) is 1.47. The maximum absolute atomic E-state index is 13.4. The predicted molar refractivity (Wildman–Crippen MR) is 70.1 cm³/mol. The molecule has 0 spiro atoms. The quantitative estimate of drug-likeness (QED) is 0.786. The minimum absolute atomic E-state index is 0.288. The summed E-state index contributed by atoms with van der Waals surface area (Å²) in [5.41, 5.74) is 0. The van der Waals surface area contributed by atoms with E-state index in [9.17, 15) is 13.6 Å². The summed E-state index contributed by atoms with van der Waals surface area (Å²) in [6.45, 7) is 1.47. The fraction of sp³-hybridized carbons (Fsp3) is 0.154. The van der Waals surface area contributed by atoms with E-state index in [0.717, 1.165) is 17.4 Å². The number of ketones is 1. The van der Waals surface area contributed by atoms with Crippen molar-refractivity contribution in [3.05, 3.63) is 51.2 Å². The molecule has 0 aliphatic carbocycles. The Balaban J connectivity index is 2.15. The summed E-state index contributed by atoms with van der Waals surface area (Å²) in [5, 5.41) is 0. The first-order chi connectivity index (χ1) is 8.99. The van der Waals surface area contributed by atoms with Crippen molar-refractivity contribution in [3.63, 3.8) is 0 Å². The van der Waals surface area contributed by atoms with Gasteiger partial charge in [-0.15, -0.1) is 11.3 Å². The van der Waals surface area contributed by atoms with Gasteiger partial charge in [-0.2, -0.15) is 4.39 Å². The molecular weight excluding hydrogens is 294 g/mol. The molecule has 0 aliphatic rings. The molecule has 1 aromatic carbocycles. The van der Waals surface area contributed by atoms with E-state index in [1.165, 1.54) is 19.1 Å². The number of carbonyl (C=O) groups is 1. The first-order valence-corrected chi connectivity index (χ1v) is 6.58. The molecule has 1 heterocycles. The lowest BCUT2D eigenvalue weighted by atomic mass is 10.2. The zero-order chi connectivity index (χ0) is 14.0. The lowest BCUT2D eigenvalue weighted by Crippen LogP contribution is -2.23. The molecule has 2 rings (SSSR count). The standard InChI is InChI=1S/C13H9ClF2O2S/c1-7(13(17)10-5-6-11(14)19-10)18-9-4-2-3-8(15)12(9)16/h2-7H,1H3. The van der Waals surface area contributed by atoms with Crippen molar-refractivity contribution in [2.45, 2.75) is 13.0 Å². The highest BCUT2D eigenvalue weighted by atomic mass is 35.5. The molecule has 1 unspecified atom stereocenters. The van der Waals surface area contributed by atoms with Crippen molar-refractivity contribution in [1.82, 2.24) is 0 Å². The summed E-state index contributed by atoms with van der Waals surface area (Å²) in [6, 6.07) is 6.72. The number of halogens is 3. The fourth-order valence-corrected chi connectivity index (χ4v) is 2.53. The van der Waals surface area contributed by atoms with Crippen molar-refractivity contribution < 1.29 is 18.3 Å². The van der Waals surface area contributed by atoms with Gasteiger partial charge in [0.1, 0.15) is 0 Å². The van der Waals surface area contributed by atoms with Crippen molar-refractivity contribution >= 4 is 28.7 Å². The molecule has 0 fully saturated rings. The smallest absolute Gasteiger partial charge is 0.212 e. The van der Waals surface area contributed by atoms with Crippen LogP contribution in [0.4, 0.5) is 8.78 Å². The van der Waals surface area contributed by atoms with Crippen LogP contribution < -0.4 is 4.74 Å². The topological polar surface area (TPSA) is 26.3 Å². The Hall–Kier alpha value is -1.46. The van der Waals surface area contributed by atoms with Crippen molar-refractivity contribution in [2.24, 2.45) is 0 Å². The number of Topliss-reactive ketones (excluding diaryl/α,β-unsaturated/α-hetero) is 1. The average molecular weight is 303 g/mol. The monoisotopic (exact) mass is 302 g/mol. The second-order valence-electron chi connectivity index (χ2n) is 3.78. The predicted octanol–water partition coefficient (Wildman–Crippen LogP) is 4.33. The molecule has 0 radical (unpaired) electrons. The van der Waals surface area contributed by atoms with Gasteiger partial charge in [0.05, 0.1) is 9.21 Å². The molecule has 1 aromatic heterocycles. The van der Waals surface area contributed by atoms with Crippen LogP contribution in [0, 0.1) is 11.6 Å². The van der Waals surface area contributed by atoms with Crippen LogP contribution in [-0.4, -0.2) is 11.9 Å². The van der Waals surface area contributed by atoms with Gasteiger partial charge in [0.25, 0.3) is 0 Å². The van der Waals surface area contributed by atoms with Crippen LogP contribution in [0.25, 0.3) is 0 Å². The molecular formula is C13H9ClF2O2S.